The summed E-state index contributed by atoms with van der Waals surface area (Å²) in [5, 5.41) is 21.8. The molecule has 1 heterocycles. The molecule has 0 aliphatic rings. The highest BCUT2D eigenvalue weighted by atomic mass is 32.2. The molecule has 1 aromatic heterocycles. The molecule has 0 unspecified atom stereocenters. The Morgan fingerprint density at radius 1 is 1.10 bits per heavy atom. The minimum Gasteiger partial charge on any atom is -0.338 e. The Labute approximate surface area is 177 Å². The van der Waals surface area contributed by atoms with Gasteiger partial charge in [-0.3, -0.25) is 4.79 Å². The van der Waals surface area contributed by atoms with Crippen LogP contribution >= 0.6 is 0 Å². The third-order valence-corrected chi connectivity index (χ3v) is 4.74. The summed E-state index contributed by atoms with van der Waals surface area (Å²) in [6, 6.07) is 13.8. The number of nitrogens with zero attached hydrogens (tertiary/aromatic N) is 3. The van der Waals surface area contributed by atoms with Crippen LogP contribution < -0.4 is 21.1 Å². The summed E-state index contributed by atoms with van der Waals surface area (Å²) in [5.74, 6) is -1.25. The lowest BCUT2D eigenvalue weighted by atomic mass is 10.2. The van der Waals surface area contributed by atoms with Crippen LogP contribution in [0.15, 0.2) is 59.6 Å². The molecule has 0 saturated carbocycles. The summed E-state index contributed by atoms with van der Waals surface area (Å²) < 4.78 is 37.1. The number of hydrogen-bond donors (Lipinski definition) is 4. The lowest BCUT2D eigenvalue weighted by Gasteiger charge is -2.11. The molecule has 0 aliphatic heterocycles. The molecule has 0 aliphatic carbocycles. The summed E-state index contributed by atoms with van der Waals surface area (Å²) in [4.78, 5) is 19.2. The zero-order valence-electron chi connectivity index (χ0n) is 15.8. The van der Waals surface area contributed by atoms with E-state index < -0.39 is 21.7 Å². The first-order valence-corrected chi connectivity index (χ1v) is 10.3. The van der Waals surface area contributed by atoms with E-state index in [0.717, 1.165) is 6.20 Å². The van der Waals surface area contributed by atoms with Crippen molar-refractivity contribution in [2.45, 2.75) is 11.3 Å². The van der Waals surface area contributed by atoms with Crippen molar-refractivity contribution in [3.63, 3.8) is 0 Å². The zero-order valence-corrected chi connectivity index (χ0v) is 16.6. The van der Waals surface area contributed by atoms with Crippen LogP contribution in [0.25, 0.3) is 0 Å². The van der Waals surface area contributed by atoms with Gasteiger partial charge in [0.1, 0.15) is 6.42 Å². The quantitative estimate of drug-likeness (QED) is 0.435. The van der Waals surface area contributed by atoms with Gasteiger partial charge < -0.3 is 16.0 Å². The Balaban J connectivity index is 1.75. The van der Waals surface area contributed by atoms with Crippen LogP contribution in [-0.4, -0.2) is 24.3 Å². The molecule has 0 atom stereocenters. The fourth-order valence-corrected chi connectivity index (χ4v) is 3.01. The van der Waals surface area contributed by atoms with E-state index in [9.17, 15) is 17.6 Å². The van der Waals surface area contributed by atoms with Crippen molar-refractivity contribution < 1.29 is 17.6 Å². The van der Waals surface area contributed by atoms with Gasteiger partial charge in [0.15, 0.2) is 11.6 Å². The number of nitrogens with one attached hydrogen (secondary N) is 3. The van der Waals surface area contributed by atoms with Crippen molar-refractivity contribution in [1.29, 1.82) is 5.26 Å². The second-order valence-electron chi connectivity index (χ2n) is 6.17. The molecule has 0 bridgehead atoms. The van der Waals surface area contributed by atoms with Gasteiger partial charge in [-0.15, -0.1) is 0 Å². The van der Waals surface area contributed by atoms with Gasteiger partial charge in [-0.2, -0.15) is 10.2 Å². The number of carbonyl (C=O) groups is 1. The predicted octanol–water partition coefficient (Wildman–Crippen LogP) is 2.60. The Kier molecular flexibility index (Phi) is 6.39. The molecule has 12 heteroatoms. The predicted molar refractivity (Wildman–Crippen MR) is 112 cm³/mol. The number of benzene rings is 2. The standard InChI is InChI=1S/C19H16FN7O3S/c20-16-11-23-19(26-14-2-1-3-15(10-14)31(22,29)30)27-18(16)25-13-6-4-12(5-7-13)24-17(28)8-9-21/h1-7,10-11H,8H2,(H,24,28)(H2,22,29,30)(H2,23,25,26,27). The molecular weight excluding hydrogens is 425 g/mol. The lowest BCUT2D eigenvalue weighted by molar-refractivity contribution is -0.115. The molecule has 31 heavy (non-hydrogen) atoms. The highest BCUT2D eigenvalue weighted by molar-refractivity contribution is 7.89. The molecular formula is C19H16FN7O3S. The van der Waals surface area contributed by atoms with E-state index in [1.807, 2.05) is 0 Å². The molecule has 2 aromatic carbocycles. The third-order valence-electron chi connectivity index (χ3n) is 3.83. The van der Waals surface area contributed by atoms with Crippen LogP contribution in [0.4, 0.5) is 33.2 Å². The van der Waals surface area contributed by atoms with Crippen molar-refractivity contribution in [2.75, 3.05) is 16.0 Å². The number of hydrogen-bond acceptors (Lipinski definition) is 8. The van der Waals surface area contributed by atoms with E-state index in [2.05, 4.69) is 25.9 Å². The Morgan fingerprint density at radius 3 is 2.48 bits per heavy atom. The molecule has 10 nitrogen and oxygen atoms in total. The van der Waals surface area contributed by atoms with Crippen molar-refractivity contribution in [3.05, 3.63) is 60.5 Å². The molecule has 3 aromatic rings. The highest BCUT2D eigenvalue weighted by Crippen LogP contribution is 2.22. The van der Waals surface area contributed by atoms with Crippen molar-refractivity contribution in [1.82, 2.24) is 9.97 Å². The Morgan fingerprint density at radius 2 is 1.81 bits per heavy atom. The maximum Gasteiger partial charge on any atom is 0.238 e. The monoisotopic (exact) mass is 441 g/mol. The smallest absolute Gasteiger partial charge is 0.238 e. The van der Waals surface area contributed by atoms with E-state index in [1.54, 1.807) is 36.4 Å². The van der Waals surface area contributed by atoms with Crippen LogP contribution in [-0.2, 0) is 14.8 Å². The second kappa shape index (κ2) is 9.16. The lowest BCUT2D eigenvalue weighted by Crippen LogP contribution is -2.12. The van der Waals surface area contributed by atoms with E-state index in [1.165, 1.54) is 18.2 Å². The number of halogens is 1. The van der Waals surface area contributed by atoms with Gasteiger partial charge in [0.2, 0.25) is 21.9 Å². The topological polar surface area (TPSA) is 163 Å². The van der Waals surface area contributed by atoms with E-state index in [-0.39, 0.29) is 23.1 Å². The molecule has 0 fully saturated rings. The molecule has 1 amide bonds. The number of primary sulfonamides is 1. The minimum atomic E-state index is -3.88. The third kappa shape index (κ3) is 5.95. The number of carbonyl (C=O) groups excluding carboxylic acids is 1. The second-order valence-corrected chi connectivity index (χ2v) is 7.73. The Bertz CT molecular complexity index is 1260. The van der Waals surface area contributed by atoms with Gasteiger partial charge in [-0.1, -0.05) is 6.07 Å². The average Bonchev–Trinajstić information content (AvgIpc) is 2.72. The SMILES string of the molecule is N#CCC(=O)Nc1ccc(Nc2nc(Nc3cccc(S(N)(=O)=O)c3)ncc2F)cc1. The molecule has 0 radical (unpaired) electrons. The van der Waals surface area contributed by atoms with Crippen LogP contribution in [0.3, 0.4) is 0 Å². The van der Waals surface area contributed by atoms with Crippen LogP contribution in [0.1, 0.15) is 6.42 Å². The summed E-state index contributed by atoms with van der Waals surface area (Å²) in [7, 11) is -3.88. The fraction of sp³-hybridized carbons (Fsp3) is 0.0526. The number of nitriles is 1. The van der Waals surface area contributed by atoms with Gasteiger partial charge in [0, 0.05) is 17.1 Å². The van der Waals surface area contributed by atoms with Crippen LogP contribution in [0, 0.1) is 17.1 Å². The summed E-state index contributed by atoms with van der Waals surface area (Å²) in [6.07, 6.45) is 0.694. The van der Waals surface area contributed by atoms with Gasteiger partial charge >= 0.3 is 0 Å². The number of rotatable bonds is 7. The van der Waals surface area contributed by atoms with E-state index >= 15 is 0 Å². The van der Waals surface area contributed by atoms with Crippen molar-refractivity contribution >= 4 is 44.8 Å². The summed E-state index contributed by atoms with van der Waals surface area (Å²) in [5.41, 5.74) is 1.31. The van der Waals surface area contributed by atoms with Gasteiger partial charge in [-0.05, 0) is 42.5 Å². The maximum atomic E-state index is 14.2. The first kappa shape index (κ1) is 21.6. The number of aromatic nitrogens is 2. The van der Waals surface area contributed by atoms with Crippen molar-refractivity contribution in [2.24, 2.45) is 5.14 Å². The molecule has 5 N–H and O–H groups in total. The van der Waals surface area contributed by atoms with Crippen LogP contribution in [0.5, 0.6) is 0 Å². The van der Waals surface area contributed by atoms with E-state index in [4.69, 9.17) is 10.4 Å². The van der Waals surface area contributed by atoms with Gasteiger partial charge in [-0.25, -0.2) is 22.9 Å². The minimum absolute atomic E-state index is 0.0239. The fourth-order valence-electron chi connectivity index (χ4n) is 2.45. The first-order chi connectivity index (χ1) is 14.7. The zero-order chi connectivity index (χ0) is 22.4. The average molecular weight is 441 g/mol. The Hall–Kier alpha value is -4.08. The molecule has 158 valence electrons. The molecule has 0 spiro atoms. The summed E-state index contributed by atoms with van der Waals surface area (Å²) in [6.45, 7) is 0. The molecule has 0 saturated heterocycles. The van der Waals surface area contributed by atoms with Crippen LogP contribution in [0.2, 0.25) is 0 Å². The first-order valence-electron chi connectivity index (χ1n) is 8.71. The summed E-state index contributed by atoms with van der Waals surface area (Å²) >= 11 is 0. The largest absolute Gasteiger partial charge is 0.338 e. The normalized spacial score (nSPS) is 10.7. The maximum absolute atomic E-state index is 14.2. The van der Waals surface area contributed by atoms with Crippen molar-refractivity contribution in [3.8, 4) is 6.07 Å². The van der Waals surface area contributed by atoms with E-state index in [0.29, 0.717) is 17.1 Å². The van der Waals surface area contributed by atoms with Gasteiger partial charge in [0.05, 0.1) is 17.2 Å². The number of anilines is 5. The highest BCUT2D eigenvalue weighted by Gasteiger charge is 2.11. The number of nitrogens with two attached hydrogens (primary N) is 1. The number of amides is 1. The number of sulfonamides is 1. The molecule has 3 rings (SSSR count). The van der Waals surface area contributed by atoms with Gasteiger partial charge in [0.25, 0.3) is 0 Å².